The van der Waals surface area contributed by atoms with E-state index in [0.29, 0.717) is 11.6 Å². The summed E-state index contributed by atoms with van der Waals surface area (Å²) >= 11 is 7.74. The minimum Gasteiger partial charge on any atom is -0.339 e. The first kappa shape index (κ1) is 13.9. The van der Waals surface area contributed by atoms with Crippen LogP contribution in [-0.4, -0.2) is 23.9 Å². The summed E-state index contributed by atoms with van der Waals surface area (Å²) in [5.74, 6) is 0.0877. The molecule has 2 nitrogen and oxygen atoms in total. The molecule has 18 heavy (non-hydrogen) atoms. The molecule has 1 amide bonds. The Morgan fingerprint density at radius 2 is 2.00 bits per heavy atom. The van der Waals surface area contributed by atoms with Crippen LogP contribution in [-0.2, 0) is 0 Å². The van der Waals surface area contributed by atoms with Gasteiger partial charge in [0.2, 0.25) is 0 Å². The molecule has 0 spiro atoms. The molecular formula is C14H18BrNOS. The van der Waals surface area contributed by atoms with E-state index in [1.165, 1.54) is 19.3 Å². The van der Waals surface area contributed by atoms with Crippen LogP contribution < -0.4 is 0 Å². The van der Waals surface area contributed by atoms with E-state index in [2.05, 4.69) is 28.6 Å². The van der Waals surface area contributed by atoms with Gasteiger partial charge in [0.05, 0.1) is 5.56 Å². The normalized spacial score (nSPS) is 16.6. The Morgan fingerprint density at radius 1 is 1.33 bits per heavy atom. The van der Waals surface area contributed by atoms with Crippen LogP contribution in [0.2, 0.25) is 0 Å². The number of carbonyl (C=O) groups is 1. The number of rotatable bonds is 2. The SMILES string of the molecule is CN(C(=O)c1cc(S)ccc1Br)C1CCCCC1. The van der Waals surface area contributed by atoms with Gasteiger partial charge in [0.25, 0.3) is 5.91 Å². The van der Waals surface area contributed by atoms with Crippen molar-refractivity contribution in [3.8, 4) is 0 Å². The lowest BCUT2D eigenvalue weighted by atomic mass is 9.94. The van der Waals surface area contributed by atoms with Crippen molar-refractivity contribution in [2.45, 2.75) is 43.0 Å². The van der Waals surface area contributed by atoms with Crippen molar-refractivity contribution < 1.29 is 4.79 Å². The molecule has 1 fully saturated rings. The molecule has 0 aliphatic heterocycles. The molecule has 4 heteroatoms. The van der Waals surface area contributed by atoms with Crippen LogP contribution in [0.15, 0.2) is 27.6 Å². The Morgan fingerprint density at radius 3 is 2.67 bits per heavy atom. The van der Waals surface area contributed by atoms with Crippen LogP contribution in [0.3, 0.4) is 0 Å². The zero-order valence-corrected chi connectivity index (χ0v) is 13.0. The van der Waals surface area contributed by atoms with Gasteiger partial charge in [-0.15, -0.1) is 12.6 Å². The standard InChI is InChI=1S/C14H18BrNOS/c1-16(10-5-3-2-4-6-10)14(17)12-9-11(18)7-8-13(12)15/h7-10,18H,2-6H2,1H3. The average Bonchev–Trinajstić information content (AvgIpc) is 2.41. The number of amides is 1. The highest BCUT2D eigenvalue weighted by atomic mass is 79.9. The molecule has 1 saturated carbocycles. The van der Waals surface area contributed by atoms with Crippen LogP contribution in [0.25, 0.3) is 0 Å². The summed E-state index contributed by atoms with van der Waals surface area (Å²) in [6.07, 6.45) is 6.02. The fourth-order valence-electron chi connectivity index (χ4n) is 2.50. The quantitative estimate of drug-likeness (QED) is 0.809. The Balaban J connectivity index is 2.16. The Hall–Kier alpha value is -0.480. The second-order valence-electron chi connectivity index (χ2n) is 4.87. The van der Waals surface area contributed by atoms with Crippen molar-refractivity contribution in [1.82, 2.24) is 4.90 Å². The maximum Gasteiger partial charge on any atom is 0.255 e. The molecule has 2 rings (SSSR count). The van der Waals surface area contributed by atoms with E-state index < -0.39 is 0 Å². The van der Waals surface area contributed by atoms with E-state index in [1.54, 1.807) is 0 Å². The van der Waals surface area contributed by atoms with Crippen molar-refractivity contribution in [2.24, 2.45) is 0 Å². The van der Waals surface area contributed by atoms with Gasteiger partial charge in [-0.2, -0.15) is 0 Å². The molecule has 0 unspecified atom stereocenters. The fourth-order valence-corrected chi connectivity index (χ4v) is 3.12. The maximum atomic E-state index is 12.5. The monoisotopic (exact) mass is 327 g/mol. The number of hydrogen-bond donors (Lipinski definition) is 1. The van der Waals surface area contributed by atoms with Gasteiger partial charge in [-0.3, -0.25) is 4.79 Å². The predicted octanol–water partition coefficient (Wildman–Crippen LogP) is 4.14. The van der Waals surface area contributed by atoms with Gasteiger partial charge in [-0.1, -0.05) is 19.3 Å². The maximum absolute atomic E-state index is 12.5. The highest BCUT2D eigenvalue weighted by Gasteiger charge is 2.24. The fraction of sp³-hybridized carbons (Fsp3) is 0.500. The summed E-state index contributed by atoms with van der Waals surface area (Å²) in [6.45, 7) is 0. The van der Waals surface area contributed by atoms with Crippen molar-refractivity contribution in [2.75, 3.05) is 7.05 Å². The van der Waals surface area contributed by atoms with E-state index in [1.807, 2.05) is 30.1 Å². The van der Waals surface area contributed by atoms with Gasteiger partial charge in [0, 0.05) is 22.5 Å². The molecule has 0 aromatic heterocycles. The van der Waals surface area contributed by atoms with Crippen LogP contribution in [0, 0.1) is 0 Å². The lowest BCUT2D eigenvalue weighted by Crippen LogP contribution is -2.38. The van der Waals surface area contributed by atoms with Crippen molar-refractivity contribution in [1.29, 1.82) is 0 Å². The molecule has 1 aromatic carbocycles. The van der Waals surface area contributed by atoms with Crippen LogP contribution in [0.1, 0.15) is 42.5 Å². The molecule has 98 valence electrons. The number of carbonyl (C=O) groups excluding carboxylic acids is 1. The first-order valence-corrected chi connectivity index (χ1v) is 7.59. The van der Waals surface area contributed by atoms with Gasteiger partial charge in [0.1, 0.15) is 0 Å². The Labute approximate surface area is 122 Å². The summed E-state index contributed by atoms with van der Waals surface area (Å²) in [5, 5.41) is 0. The van der Waals surface area contributed by atoms with Gasteiger partial charge >= 0.3 is 0 Å². The molecule has 1 aliphatic carbocycles. The van der Waals surface area contributed by atoms with E-state index >= 15 is 0 Å². The van der Waals surface area contributed by atoms with Crippen LogP contribution in [0.4, 0.5) is 0 Å². The summed E-state index contributed by atoms with van der Waals surface area (Å²) in [6, 6.07) is 5.98. The molecule has 0 heterocycles. The van der Waals surface area contributed by atoms with Gasteiger partial charge in [-0.05, 0) is 47.0 Å². The summed E-state index contributed by atoms with van der Waals surface area (Å²) in [7, 11) is 1.91. The lowest BCUT2D eigenvalue weighted by Gasteiger charge is -2.31. The molecule has 1 aliphatic rings. The van der Waals surface area contributed by atoms with E-state index in [9.17, 15) is 4.79 Å². The largest absolute Gasteiger partial charge is 0.339 e. The summed E-state index contributed by atoms with van der Waals surface area (Å²) in [5.41, 5.74) is 0.704. The van der Waals surface area contributed by atoms with E-state index in [4.69, 9.17) is 0 Å². The first-order chi connectivity index (χ1) is 8.59. The van der Waals surface area contributed by atoms with Crippen molar-refractivity contribution in [3.05, 3.63) is 28.2 Å². The Bertz CT molecular complexity index is 443. The number of halogens is 1. The molecule has 1 aromatic rings. The third kappa shape index (κ3) is 3.09. The second-order valence-corrected chi connectivity index (χ2v) is 6.24. The number of hydrogen-bond acceptors (Lipinski definition) is 2. The highest BCUT2D eigenvalue weighted by molar-refractivity contribution is 9.10. The summed E-state index contributed by atoms with van der Waals surface area (Å²) < 4.78 is 0.841. The molecule has 0 atom stereocenters. The molecule has 0 saturated heterocycles. The van der Waals surface area contributed by atoms with E-state index in [-0.39, 0.29) is 5.91 Å². The predicted molar refractivity (Wildman–Crippen MR) is 80.4 cm³/mol. The third-order valence-electron chi connectivity index (χ3n) is 3.62. The molecule has 0 bridgehead atoms. The zero-order valence-electron chi connectivity index (χ0n) is 10.5. The van der Waals surface area contributed by atoms with E-state index in [0.717, 1.165) is 22.2 Å². The molecule has 0 N–H and O–H groups in total. The number of nitrogens with zero attached hydrogens (tertiary/aromatic N) is 1. The third-order valence-corrected chi connectivity index (χ3v) is 4.59. The minimum atomic E-state index is 0.0877. The number of thiol groups is 1. The Kier molecular flexibility index (Phi) is 4.73. The van der Waals surface area contributed by atoms with Gasteiger partial charge in [0.15, 0.2) is 0 Å². The second kappa shape index (κ2) is 6.11. The van der Waals surface area contributed by atoms with Crippen LogP contribution in [0.5, 0.6) is 0 Å². The molecule has 0 radical (unpaired) electrons. The molecular weight excluding hydrogens is 310 g/mol. The number of benzene rings is 1. The van der Waals surface area contributed by atoms with Crippen molar-refractivity contribution in [3.63, 3.8) is 0 Å². The van der Waals surface area contributed by atoms with Crippen molar-refractivity contribution >= 4 is 34.5 Å². The summed E-state index contributed by atoms with van der Waals surface area (Å²) in [4.78, 5) is 15.2. The smallest absolute Gasteiger partial charge is 0.255 e. The topological polar surface area (TPSA) is 20.3 Å². The van der Waals surface area contributed by atoms with Gasteiger partial charge < -0.3 is 4.90 Å². The van der Waals surface area contributed by atoms with Gasteiger partial charge in [-0.25, -0.2) is 0 Å². The average molecular weight is 328 g/mol. The van der Waals surface area contributed by atoms with Crippen LogP contribution >= 0.6 is 28.6 Å². The highest BCUT2D eigenvalue weighted by Crippen LogP contribution is 2.26. The minimum absolute atomic E-state index is 0.0877. The first-order valence-electron chi connectivity index (χ1n) is 6.35. The lowest BCUT2D eigenvalue weighted by molar-refractivity contribution is 0.0695. The zero-order chi connectivity index (χ0) is 13.1.